The van der Waals surface area contributed by atoms with Crippen LogP contribution in [0.3, 0.4) is 0 Å². The first-order valence-corrected chi connectivity index (χ1v) is 8.87. The van der Waals surface area contributed by atoms with Crippen molar-refractivity contribution in [1.82, 2.24) is 10.3 Å². The van der Waals surface area contributed by atoms with Gasteiger partial charge in [0.25, 0.3) is 5.91 Å². The molecule has 6 heteroatoms. The van der Waals surface area contributed by atoms with Gasteiger partial charge >= 0.3 is 0 Å². The van der Waals surface area contributed by atoms with Crippen molar-refractivity contribution in [1.29, 1.82) is 0 Å². The smallest absolute Gasteiger partial charge is 0.263 e. The Kier molecular flexibility index (Phi) is 5.54. The van der Waals surface area contributed by atoms with Gasteiger partial charge in [0.1, 0.15) is 5.75 Å². The van der Waals surface area contributed by atoms with Gasteiger partial charge in [-0.05, 0) is 65.0 Å². The second kappa shape index (κ2) is 8.03. The molecule has 0 fully saturated rings. The van der Waals surface area contributed by atoms with Crippen LogP contribution >= 0.6 is 0 Å². The predicted octanol–water partition coefficient (Wildman–Crippen LogP) is 4.49. The second-order valence-corrected chi connectivity index (χ2v) is 6.82. The number of aryl methyl sites for hydroxylation is 2. The fourth-order valence-electron chi connectivity index (χ4n) is 2.61. The fraction of sp³-hybridized carbons (Fsp3) is 0.286. The molecule has 0 atom stereocenters. The number of benzene rings is 2. The summed E-state index contributed by atoms with van der Waals surface area (Å²) in [6.07, 6.45) is 0. The van der Waals surface area contributed by atoms with Crippen molar-refractivity contribution in [3.8, 4) is 17.0 Å². The highest BCUT2D eigenvalue weighted by molar-refractivity contribution is 5.94. The van der Waals surface area contributed by atoms with Crippen LogP contribution in [0.15, 0.2) is 47.1 Å². The second-order valence-electron chi connectivity index (χ2n) is 6.82. The average Bonchev–Trinajstić information content (AvgIpc) is 3.10. The van der Waals surface area contributed by atoms with Gasteiger partial charge in [0, 0.05) is 5.56 Å². The Morgan fingerprint density at radius 2 is 1.81 bits per heavy atom. The number of hydrogen-bond acceptors (Lipinski definition) is 5. The number of aromatic nitrogens is 2. The minimum absolute atomic E-state index is 0.125. The van der Waals surface area contributed by atoms with E-state index in [0.717, 1.165) is 11.1 Å². The van der Waals surface area contributed by atoms with Gasteiger partial charge in [-0.25, -0.2) is 4.63 Å². The number of hydrogen-bond donors (Lipinski definition) is 1. The third kappa shape index (κ3) is 4.53. The fourth-order valence-corrected chi connectivity index (χ4v) is 2.61. The summed E-state index contributed by atoms with van der Waals surface area (Å²) in [6.45, 7) is 8.18. The number of ether oxygens (including phenoxy) is 1. The van der Waals surface area contributed by atoms with E-state index in [9.17, 15) is 4.79 Å². The molecule has 0 aliphatic rings. The number of carbonyl (C=O) groups excluding carboxylic acids is 1. The highest BCUT2D eigenvalue weighted by Gasteiger charge is 2.16. The molecular formula is C21H23N3O3. The van der Waals surface area contributed by atoms with Gasteiger partial charge in [-0.3, -0.25) is 4.79 Å². The molecule has 1 N–H and O–H groups in total. The lowest BCUT2D eigenvalue weighted by atomic mass is 10.0. The summed E-state index contributed by atoms with van der Waals surface area (Å²) in [4.78, 5) is 12.2. The Morgan fingerprint density at radius 1 is 1.07 bits per heavy atom. The highest BCUT2D eigenvalue weighted by atomic mass is 16.6. The van der Waals surface area contributed by atoms with Crippen LogP contribution in [0.1, 0.15) is 36.5 Å². The van der Waals surface area contributed by atoms with E-state index in [0.29, 0.717) is 17.4 Å². The summed E-state index contributed by atoms with van der Waals surface area (Å²) in [5.41, 5.74) is 4.85. The predicted molar refractivity (Wildman–Crippen MR) is 104 cm³/mol. The van der Waals surface area contributed by atoms with E-state index >= 15 is 0 Å². The summed E-state index contributed by atoms with van der Waals surface area (Å²) >= 11 is 0. The quantitative estimate of drug-likeness (QED) is 0.696. The maximum absolute atomic E-state index is 12.2. The van der Waals surface area contributed by atoms with Crippen LogP contribution < -0.4 is 10.1 Å². The number of amides is 1. The Hall–Kier alpha value is -3.15. The number of rotatable bonds is 6. The number of nitrogens with zero attached hydrogens (tertiary/aromatic N) is 2. The third-order valence-corrected chi connectivity index (χ3v) is 4.44. The van der Waals surface area contributed by atoms with Crippen LogP contribution in [0.2, 0.25) is 0 Å². The van der Waals surface area contributed by atoms with E-state index in [2.05, 4.69) is 29.5 Å². The molecule has 0 saturated heterocycles. The molecule has 1 amide bonds. The van der Waals surface area contributed by atoms with Crippen LogP contribution in [0, 0.1) is 13.8 Å². The Balaban J connectivity index is 1.63. The zero-order valence-electron chi connectivity index (χ0n) is 15.9. The summed E-state index contributed by atoms with van der Waals surface area (Å²) in [5.74, 6) is 1.04. The van der Waals surface area contributed by atoms with Crippen LogP contribution in [0.5, 0.6) is 5.75 Å². The molecule has 3 rings (SSSR count). The standard InChI is InChI=1S/C21H23N3O3/c1-13(2)16-7-9-18(10-8-16)26-12-19(25)22-21-20(23-27-24-21)17-6-5-14(3)15(4)11-17/h5-11,13H,12H2,1-4H3,(H,22,24,25). The van der Waals surface area contributed by atoms with Crippen molar-refractivity contribution in [2.24, 2.45) is 0 Å². The van der Waals surface area contributed by atoms with Gasteiger partial charge in [0.2, 0.25) is 5.82 Å². The molecule has 2 aromatic carbocycles. The molecule has 0 aliphatic heterocycles. The molecule has 0 spiro atoms. The van der Waals surface area contributed by atoms with Crippen molar-refractivity contribution in [3.05, 3.63) is 59.2 Å². The van der Waals surface area contributed by atoms with Crippen LogP contribution in [-0.4, -0.2) is 22.8 Å². The number of carbonyl (C=O) groups is 1. The molecule has 0 saturated carbocycles. The van der Waals surface area contributed by atoms with Crippen molar-refractivity contribution in [3.63, 3.8) is 0 Å². The Labute approximate surface area is 158 Å². The molecule has 0 bridgehead atoms. The van der Waals surface area contributed by atoms with Crippen molar-refractivity contribution in [2.45, 2.75) is 33.6 Å². The SMILES string of the molecule is Cc1ccc(-c2nonc2NC(=O)COc2ccc(C(C)C)cc2)cc1C. The summed E-state index contributed by atoms with van der Waals surface area (Å²) in [5, 5.41) is 10.4. The minimum atomic E-state index is -0.330. The van der Waals surface area contributed by atoms with E-state index < -0.39 is 0 Å². The van der Waals surface area contributed by atoms with Gasteiger partial charge in [-0.1, -0.05) is 38.1 Å². The molecule has 1 heterocycles. The van der Waals surface area contributed by atoms with E-state index in [-0.39, 0.29) is 18.3 Å². The van der Waals surface area contributed by atoms with E-state index in [4.69, 9.17) is 9.37 Å². The molecule has 1 aromatic heterocycles. The van der Waals surface area contributed by atoms with Gasteiger partial charge in [-0.15, -0.1) is 0 Å². The van der Waals surface area contributed by atoms with Gasteiger partial charge in [0.15, 0.2) is 12.3 Å². The maximum atomic E-state index is 12.2. The zero-order chi connectivity index (χ0) is 19.4. The van der Waals surface area contributed by atoms with Crippen LogP contribution in [0.25, 0.3) is 11.3 Å². The Bertz CT molecular complexity index is 930. The molecule has 27 heavy (non-hydrogen) atoms. The van der Waals surface area contributed by atoms with Crippen LogP contribution in [0.4, 0.5) is 5.82 Å². The summed E-state index contributed by atoms with van der Waals surface area (Å²) in [6, 6.07) is 13.6. The molecule has 0 aliphatic carbocycles. The lowest BCUT2D eigenvalue weighted by Crippen LogP contribution is -2.20. The monoisotopic (exact) mass is 365 g/mol. The van der Waals surface area contributed by atoms with Gasteiger partial charge in [-0.2, -0.15) is 0 Å². The van der Waals surface area contributed by atoms with Gasteiger partial charge < -0.3 is 10.1 Å². The van der Waals surface area contributed by atoms with Crippen molar-refractivity contribution in [2.75, 3.05) is 11.9 Å². The van der Waals surface area contributed by atoms with Crippen LogP contribution in [-0.2, 0) is 4.79 Å². The van der Waals surface area contributed by atoms with Gasteiger partial charge in [0.05, 0.1) is 0 Å². The number of nitrogens with one attached hydrogen (secondary N) is 1. The van der Waals surface area contributed by atoms with Crippen molar-refractivity contribution >= 4 is 11.7 Å². The molecule has 140 valence electrons. The van der Waals surface area contributed by atoms with E-state index in [1.54, 1.807) is 0 Å². The zero-order valence-corrected chi connectivity index (χ0v) is 15.9. The summed E-state index contributed by atoms with van der Waals surface area (Å²) < 4.78 is 10.4. The first kappa shape index (κ1) is 18.6. The lowest BCUT2D eigenvalue weighted by Gasteiger charge is -2.09. The van der Waals surface area contributed by atoms with Crippen molar-refractivity contribution < 1.29 is 14.2 Å². The van der Waals surface area contributed by atoms with E-state index in [1.807, 2.05) is 56.3 Å². The highest BCUT2D eigenvalue weighted by Crippen LogP contribution is 2.26. The topological polar surface area (TPSA) is 77.3 Å². The first-order chi connectivity index (χ1) is 12.9. The molecular weight excluding hydrogens is 342 g/mol. The molecule has 6 nitrogen and oxygen atoms in total. The Morgan fingerprint density at radius 3 is 2.48 bits per heavy atom. The largest absolute Gasteiger partial charge is 0.484 e. The lowest BCUT2D eigenvalue weighted by molar-refractivity contribution is -0.118. The maximum Gasteiger partial charge on any atom is 0.263 e. The molecule has 0 radical (unpaired) electrons. The minimum Gasteiger partial charge on any atom is -0.484 e. The third-order valence-electron chi connectivity index (χ3n) is 4.44. The summed E-state index contributed by atoms with van der Waals surface area (Å²) in [7, 11) is 0. The number of anilines is 1. The van der Waals surface area contributed by atoms with E-state index in [1.165, 1.54) is 11.1 Å². The molecule has 0 unspecified atom stereocenters. The molecule has 3 aromatic rings. The average molecular weight is 365 g/mol. The first-order valence-electron chi connectivity index (χ1n) is 8.87. The normalized spacial score (nSPS) is 10.9.